The van der Waals surface area contributed by atoms with E-state index in [1.54, 1.807) is 32.4 Å². The van der Waals surface area contributed by atoms with Gasteiger partial charge in [0.1, 0.15) is 11.4 Å². The van der Waals surface area contributed by atoms with Crippen molar-refractivity contribution >= 4 is 28.4 Å². The number of hydrogen-bond donors (Lipinski definition) is 0. The number of pyridine rings is 1. The molecule has 6 rings (SSSR count). The van der Waals surface area contributed by atoms with Gasteiger partial charge in [0.15, 0.2) is 11.5 Å². The van der Waals surface area contributed by atoms with Crippen LogP contribution < -0.4 is 19.1 Å². The predicted molar refractivity (Wildman–Crippen MR) is 182 cm³/mol. The average molecular weight is 688 g/mol. The Morgan fingerprint density at radius 3 is 2.22 bits per heavy atom. The first-order chi connectivity index (χ1) is 23.9. The van der Waals surface area contributed by atoms with Crippen molar-refractivity contribution in [2.75, 3.05) is 52.3 Å². The Kier molecular flexibility index (Phi) is 9.69. The van der Waals surface area contributed by atoms with Crippen molar-refractivity contribution in [3.8, 4) is 23.1 Å². The van der Waals surface area contributed by atoms with E-state index in [4.69, 9.17) is 14.2 Å². The molecule has 0 atom stereocenters. The minimum atomic E-state index is -4.48. The second kappa shape index (κ2) is 14.1. The lowest BCUT2D eigenvalue weighted by Gasteiger charge is -2.34. The van der Waals surface area contributed by atoms with Crippen LogP contribution in [0, 0.1) is 0 Å². The highest BCUT2D eigenvalue weighted by molar-refractivity contribution is 6.05. The normalized spacial score (nSPS) is 13.7. The van der Waals surface area contributed by atoms with Gasteiger partial charge in [0, 0.05) is 69.4 Å². The first kappa shape index (κ1) is 34.3. The molecule has 50 heavy (non-hydrogen) atoms. The highest BCUT2D eigenvalue weighted by atomic mass is 19.4. The number of nitrogens with zero attached hydrogens (tertiary/aromatic N) is 5. The number of hydrogen-bond acceptors (Lipinski definition) is 7. The largest absolute Gasteiger partial charge is 0.493 e. The van der Waals surface area contributed by atoms with Gasteiger partial charge in [-0.05, 0) is 72.3 Å². The molecule has 13 heteroatoms. The lowest BCUT2D eigenvalue weighted by Crippen LogP contribution is -2.48. The minimum Gasteiger partial charge on any atom is -0.493 e. The molecular formula is C37H36F3N5O5. The Morgan fingerprint density at radius 1 is 0.860 bits per heavy atom. The fraction of sp³-hybridized carbons (Fsp3) is 0.270. The second-order valence-electron chi connectivity index (χ2n) is 12.0. The van der Waals surface area contributed by atoms with Crippen molar-refractivity contribution in [1.82, 2.24) is 19.4 Å². The summed E-state index contributed by atoms with van der Waals surface area (Å²) >= 11 is 0. The van der Waals surface area contributed by atoms with Gasteiger partial charge in [-0.25, -0.2) is 4.98 Å². The van der Waals surface area contributed by atoms with Crippen LogP contribution in [0.1, 0.15) is 32.0 Å². The molecule has 1 saturated heterocycles. The standard InChI is InChI=1S/C37H36F3N5O5/c1-42(35(46)25-6-8-27(9-7-25)37(38,39)40)28-10-14-34(41-22-28)50-29-11-12-30-26(20-29)21-31(43(30)2)36(47)45-17-15-44(16-18-45)23-24-5-13-32(48-3)33(19-24)49-4/h5-14,19-22H,15-18,23H2,1-4H3. The summed E-state index contributed by atoms with van der Waals surface area (Å²) in [4.78, 5) is 36.3. The number of rotatable bonds is 9. The molecule has 0 N–H and O–H groups in total. The molecule has 0 bridgehead atoms. The highest BCUT2D eigenvalue weighted by Crippen LogP contribution is 2.31. The van der Waals surface area contributed by atoms with Crippen LogP contribution in [0.3, 0.4) is 0 Å². The number of ether oxygens (including phenoxy) is 3. The maximum absolute atomic E-state index is 13.6. The molecule has 1 aliphatic heterocycles. The van der Waals surface area contributed by atoms with Gasteiger partial charge in [0.25, 0.3) is 11.8 Å². The van der Waals surface area contributed by atoms with Gasteiger partial charge in [0.2, 0.25) is 5.88 Å². The van der Waals surface area contributed by atoms with E-state index in [9.17, 15) is 22.8 Å². The lowest BCUT2D eigenvalue weighted by atomic mass is 10.1. The number of methoxy groups -OCH3 is 2. The number of halogens is 3. The monoisotopic (exact) mass is 687 g/mol. The Labute approximate surface area is 287 Å². The summed E-state index contributed by atoms with van der Waals surface area (Å²) in [6.07, 6.45) is -3.03. The predicted octanol–water partition coefficient (Wildman–Crippen LogP) is 6.64. The first-order valence-corrected chi connectivity index (χ1v) is 15.9. The maximum atomic E-state index is 13.6. The van der Waals surface area contributed by atoms with Gasteiger partial charge in [-0.3, -0.25) is 14.5 Å². The van der Waals surface area contributed by atoms with E-state index in [0.717, 1.165) is 60.4 Å². The zero-order chi connectivity index (χ0) is 35.6. The minimum absolute atomic E-state index is 0.0378. The molecule has 1 aliphatic rings. The van der Waals surface area contributed by atoms with Crippen LogP contribution in [0.2, 0.25) is 0 Å². The third-order valence-corrected chi connectivity index (χ3v) is 8.84. The van der Waals surface area contributed by atoms with E-state index in [1.807, 2.05) is 52.9 Å². The van der Waals surface area contributed by atoms with E-state index in [1.165, 1.54) is 18.1 Å². The Morgan fingerprint density at radius 2 is 1.58 bits per heavy atom. The molecule has 2 aromatic heterocycles. The smallest absolute Gasteiger partial charge is 0.416 e. The number of aromatic nitrogens is 2. The quantitative estimate of drug-likeness (QED) is 0.172. The van der Waals surface area contributed by atoms with Crippen molar-refractivity contribution < 1.29 is 37.0 Å². The number of amides is 2. The second-order valence-corrected chi connectivity index (χ2v) is 12.0. The Balaban J connectivity index is 1.07. The molecule has 260 valence electrons. The zero-order valence-corrected chi connectivity index (χ0v) is 28.0. The third kappa shape index (κ3) is 7.22. The van der Waals surface area contributed by atoms with Crippen LogP contribution in [0.25, 0.3) is 10.9 Å². The van der Waals surface area contributed by atoms with Crippen LogP contribution in [0.15, 0.2) is 85.1 Å². The van der Waals surface area contributed by atoms with E-state index in [0.29, 0.717) is 41.7 Å². The van der Waals surface area contributed by atoms with Gasteiger partial charge in [-0.1, -0.05) is 6.07 Å². The van der Waals surface area contributed by atoms with Crippen LogP contribution in [0.4, 0.5) is 18.9 Å². The number of aryl methyl sites for hydroxylation is 1. The first-order valence-electron chi connectivity index (χ1n) is 15.9. The Bertz CT molecular complexity index is 2000. The molecule has 1 fully saturated rings. The molecule has 3 aromatic carbocycles. The summed E-state index contributed by atoms with van der Waals surface area (Å²) in [5, 5.41) is 0.832. The van der Waals surface area contributed by atoms with Crippen molar-refractivity contribution in [2.45, 2.75) is 12.7 Å². The molecule has 0 unspecified atom stereocenters. The topological polar surface area (TPSA) is 89.4 Å². The summed E-state index contributed by atoms with van der Waals surface area (Å²) in [7, 11) is 6.61. The van der Waals surface area contributed by atoms with Crippen LogP contribution in [0.5, 0.6) is 23.1 Å². The summed E-state index contributed by atoms with van der Waals surface area (Å²) < 4.78 is 57.3. The van der Waals surface area contributed by atoms with Crippen LogP contribution in [-0.4, -0.2) is 78.6 Å². The number of benzene rings is 3. The third-order valence-electron chi connectivity index (χ3n) is 8.84. The van der Waals surface area contributed by atoms with Gasteiger partial charge < -0.3 is 28.6 Å². The summed E-state index contributed by atoms with van der Waals surface area (Å²) in [5.74, 6) is 1.65. The molecule has 0 aliphatic carbocycles. The van der Waals surface area contributed by atoms with Crippen molar-refractivity contribution in [2.24, 2.45) is 7.05 Å². The summed E-state index contributed by atoms with van der Waals surface area (Å²) in [6.45, 7) is 3.44. The van der Waals surface area contributed by atoms with Gasteiger partial charge in [-0.2, -0.15) is 13.2 Å². The molecule has 0 radical (unpaired) electrons. The average Bonchev–Trinajstić information content (AvgIpc) is 3.46. The maximum Gasteiger partial charge on any atom is 0.416 e. The van der Waals surface area contributed by atoms with E-state index < -0.39 is 17.6 Å². The van der Waals surface area contributed by atoms with E-state index >= 15 is 0 Å². The van der Waals surface area contributed by atoms with Gasteiger partial charge in [-0.15, -0.1) is 0 Å². The van der Waals surface area contributed by atoms with Gasteiger partial charge in [0.05, 0.1) is 31.7 Å². The fourth-order valence-corrected chi connectivity index (χ4v) is 5.97. The summed E-state index contributed by atoms with van der Waals surface area (Å²) in [5.41, 5.74) is 2.29. The lowest BCUT2D eigenvalue weighted by molar-refractivity contribution is -0.137. The number of fused-ring (bicyclic) bond motifs is 1. The molecular weight excluding hydrogens is 651 g/mol. The Hall–Kier alpha value is -5.56. The zero-order valence-electron chi connectivity index (χ0n) is 28.0. The van der Waals surface area contributed by atoms with E-state index in [-0.39, 0.29) is 17.4 Å². The molecule has 10 nitrogen and oxygen atoms in total. The SMILES string of the molecule is COc1ccc(CN2CCN(C(=O)c3cc4cc(Oc5ccc(N(C)C(=O)c6ccc(C(F)(F)F)cc6)cn5)ccc4n3C)CC2)cc1OC. The van der Waals surface area contributed by atoms with Crippen LogP contribution >= 0.6 is 0 Å². The van der Waals surface area contributed by atoms with E-state index in [2.05, 4.69) is 9.88 Å². The number of piperazine rings is 1. The van der Waals surface area contributed by atoms with Crippen molar-refractivity contribution in [3.05, 3.63) is 107 Å². The van der Waals surface area contributed by atoms with Crippen LogP contribution in [-0.2, 0) is 19.8 Å². The molecule has 0 saturated carbocycles. The van der Waals surface area contributed by atoms with Crippen molar-refractivity contribution in [1.29, 1.82) is 0 Å². The number of anilines is 1. The molecule has 0 spiro atoms. The molecule has 3 heterocycles. The van der Waals surface area contributed by atoms with Crippen molar-refractivity contribution in [3.63, 3.8) is 0 Å². The molecule has 2 amide bonds. The number of carbonyl (C=O) groups excluding carboxylic acids is 2. The number of alkyl halides is 3. The number of carbonyl (C=O) groups is 2. The molecule has 5 aromatic rings. The highest BCUT2D eigenvalue weighted by Gasteiger charge is 2.30. The van der Waals surface area contributed by atoms with Gasteiger partial charge >= 0.3 is 6.18 Å². The fourth-order valence-electron chi connectivity index (χ4n) is 5.97. The summed E-state index contributed by atoms with van der Waals surface area (Å²) in [6, 6.07) is 20.6.